The summed E-state index contributed by atoms with van der Waals surface area (Å²) in [6.45, 7) is 4.66. The summed E-state index contributed by atoms with van der Waals surface area (Å²) in [7, 11) is 0. The molecule has 1 aromatic heterocycles. The predicted octanol–water partition coefficient (Wildman–Crippen LogP) is 13.3. The maximum atomic E-state index is 5.23. The highest BCUT2D eigenvalue weighted by Crippen LogP contribution is 2.50. The van der Waals surface area contributed by atoms with Gasteiger partial charge in [-0.2, -0.15) is 0 Å². The zero-order valence-corrected chi connectivity index (χ0v) is 30.7. The number of nitrogens with zero attached hydrogens (tertiary/aromatic N) is 3. The first-order valence-electron chi connectivity index (χ1n) is 18.9. The first-order valence-corrected chi connectivity index (χ1v) is 18.9. The van der Waals surface area contributed by atoms with Crippen molar-refractivity contribution in [3.63, 3.8) is 0 Å². The molecule has 0 bridgehead atoms. The molecule has 0 unspecified atom stereocenters. The van der Waals surface area contributed by atoms with E-state index in [1.54, 1.807) is 0 Å². The predicted molar refractivity (Wildman–Crippen MR) is 228 cm³/mol. The maximum Gasteiger partial charge on any atom is 0.164 e. The summed E-state index contributed by atoms with van der Waals surface area (Å²) in [6, 6.07) is 66.7. The van der Waals surface area contributed by atoms with E-state index >= 15 is 0 Å². The summed E-state index contributed by atoms with van der Waals surface area (Å²) in [5.41, 5.74) is 15.1. The van der Waals surface area contributed by atoms with Crippen molar-refractivity contribution in [1.82, 2.24) is 15.0 Å². The quantitative estimate of drug-likeness (QED) is 0.173. The standard InChI is InChI=1S/C52H37N3/c1-52(2)47-28-10-9-23-44(47)46-33-38(29-30-48(46)52)41-24-13-26-43-42(41)25-14-27-45(43)51-54-49(39-21-11-19-36(31-39)34-15-5-3-6-16-34)53-50(55-51)40-22-12-20-37(32-40)35-17-7-4-8-18-35/h3-33H,1-2H3. The molecular formula is C52H37N3. The van der Waals surface area contributed by atoms with Crippen LogP contribution >= 0.6 is 0 Å². The van der Waals surface area contributed by atoms with Crippen molar-refractivity contribution < 1.29 is 0 Å². The first kappa shape index (κ1) is 32.7. The summed E-state index contributed by atoms with van der Waals surface area (Å²) in [6.07, 6.45) is 0. The molecule has 1 aliphatic carbocycles. The lowest BCUT2D eigenvalue weighted by Gasteiger charge is -2.21. The molecule has 0 N–H and O–H groups in total. The highest BCUT2D eigenvalue weighted by molar-refractivity contribution is 6.04. The fourth-order valence-electron chi connectivity index (χ4n) is 8.34. The summed E-state index contributed by atoms with van der Waals surface area (Å²) in [5.74, 6) is 1.91. The van der Waals surface area contributed by atoms with Crippen LogP contribution in [0.1, 0.15) is 25.0 Å². The van der Waals surface area contributed by atoms with E-state index in [1.165, 1.54) is 33.4 Å². The summed E-state index contributed by atoms with van der Waals surface area (Å²) in [5, 5.41) is 2.26. The maximum absolute atomic E-state index is 5.23. The molecule has 1 aliphatic rings. The van der Waals surface area contributed by atoms with Gasteiger partial charge in [-0.25, -0.2) is 15.0 Å². The highest BCUT2D eigenvalue weighted by atomic mass is 15.0. The molecular weight excluding hydrogens is 667 g/mol. The van der Waals surface area contributed by atoms with Crippen LogP contribution in [0.15, 0.2) is 188 Å². The van der Waals surface area contributed by atoms with Gasteiger partial charge < -0.3 is 0 Å². The Morgan fingerprint density at radius 3 is 1.38 bits per heavy atom. The van der Waals surface area contributed by atoms with Gasteiger partial charge in [0.15, 0.2) is 17.5 Å². The molecule has 8 aromatic carbocycles. The van der Waals surface area contributed by atoms with Crippen molar-refractivity contribution in [2.75, 3.05) is 0 Å². The Kier molecular flexibility index (Phi) is 7.81. The molecule has 0 saturated heterocycles. The van der Waals surface area contributed by atoms with Crippen LogP contribution in [-0.2, 0) is 5.41 Å². The lowest BCUT2D eigenvalue weighted by Crippen LogP contribution is -2.14. The van der Waals surface area contributed by atoms with Gasteiger partial charge in [0.25, 0.3) is 0 Å². The van der Waals surface area contributed by atoms with Gasteiger partial charge in [0.05, 0.1) is 0 Å². The summed E-state index contributed by atoms with van der Waals surface area (Å²) in [4.78, 5) is 15.6. The minimum absolute atomic E-state index is 0.0360. The molecule has 0 radical (unpaired) electrons. The number of hydrogen-bond acceptors (Lipinski definition) is 3. The van der Waals surface area contributed by atoms with Crippen LogP contribution < -0.4 is 0 Å². The SMILES string of the molecule is CC1(C)c2ccccc2-c2cc(-c3cccc4c(-c5nc(-c6cccc(-c7ccccc7)c6)nc(-c6cccc(-c7ccccc7)c6)n5)cccc34)ccc21. The average molecular weight is 704 g/mol. The van der Waals surface area contributed by atoms with Gasteiger partial charge in [0.2, 0.25) is 0 Å². The van der Waals surface area contributed by atoms with E-state index in [9.17, 15) is 0 Å². The van der Waals surface area contributed by atoms with Crippen LogP contribution in [0.25, 0.3) is 89.4 Å². The molecule has 0 spiro atoms. The summed E-state index contributed by atoms with van der Waals surface area (Å²) >= 11 is 0. The molecule has 0 fully saturated rings. The average Bonchev–Trinajstić information content (AvgIpc) is 3.49. The third kappa shape index (κ3) is 5.73. The molecule has 9 aromatic rings. The van der Waals surface area contributed by atoms with Crippen molar-refractivity contribution in [1.29, 1.82) is 0 Å². The largest absolute Gasteiger partial charge is 0.208 e. The number of benzene rings is 8. The third-order valence-electron chi connectivity index (χ3n) is 11.1. The van der Waals surface area contributed by atoms with Crippen molar-refractivity contribution in [3.8, 4) is 78.7 Å². The van der Waals surface area contributed by atoms with Crippen molar-refractivity contribution in [2.24, 2.45) is 0 Å². The van der Waals surface area contributed by atoms with Gasteiger partial charge in [0.1, 0.15) is 0 Å². The van der Waals surface area contributed by atoms with Gasteiger partial charge in [-0.1, -0.05) is 184 Å². The smallest absolute Gasteiger partial charge is 0.164 e. The van der Waals surface area contributed by atoms with E-state index in [2.05, 4.69) is 190 Å². The normalized spacial score (nSPS) is 12.7. The van der Waals surface area contributed by atoms with Crippen molar-refractivity contribution in [2.45, 2.75) is 19.3 Å². The van der Waals surface area contributed by atoms with Gasteiger partial charge in [0, 0.05) is 22.1 Å². The molecule has 0 atom stereocenters. The number of aromatic nitrogens is 3. The Balaban J connectivity index is 1.14. The Labute approximate surface area is 321 Å². The first-order chi connectivity index (χ1) is 27.0. The van der Waals surface area contributed by atoms with E-state index in [1.807, 2.05) is 12.1 Å². The van der Waals surface area contributed by atoms with E-state index < -0.39 is 0 Å². The van der Waals surface area contributed by atoms with Crippen LogP contribution in [0, 0.1) is 0 Å². The Morgan fingerprint density at radius 1 is 0.291 bits per heavy atom. The molecule has 3 heteroatoms. The van der Waals surface area contributed by atoms with Crippen molar-refractivity contribution in [3.05, 3.63) is 199 Å². The van der Waals surface area contributed by atoms with E-state index in [4.69, 9.17) is 15.0 Å². The molecule has 0 amide bonds. The van der Waals surface area contributed by atoms with E-state index in [0.29, 0.717) is 17.5 Å². The third-order valence-corrected chi connectivity index (χ3v) is 11.1. The summed E-state index contributed by atoms with van der Waals surface area (Å²) < 4.78 is 0. The second-order valence-corrected chi connectivity index (χ2v) is 14.8. The van der Waals surface area contributed by atoms with Gasteiger partial charge in [-0.15, -0.1) is 0 Å². The van der Waals surface area contributed by atoms with Gasteiger partial charge in [-0.3, -0.25) is 0 Å². The second-order valence-electron chi connectivity index (χ2n) is 14.8. The van der Waals surface area contributed by atoms with Gasteiger partial charge >= 0.3 is 0 Å². The molecule has 0 aliphatic heterocycles. The second kappa shape index (κ2) is 13.2. The Morgan fingerprint density at radius 2 is 0.745 bits per heavy atom. The van der Waals surface area contributed by atoms with Crippen molar-refractivity contribution >= 4 is 10.8 Å². The minimum atomic E-state index is -0.0360. The monoisotopic (exact) mass is 703 g/mol. The van der Waals surface area contributed by atoms with Crippen LogP contribution in [-0.4, -0.2) is 15.0 Å². The molecule has 1 heterocycles. The fourth-order valence-corrected chi connectivity index (χ4v) is 8.34. The molecule has 3 nitrogen and oxygen atoms in total. The zero-order valence-electron chi connectivity index (χ0n) is 30.7. The lowest BCUT2D eigenvalue weighted by molar-refractivity contribution is 0.660. The number of hydrogen-bond donors (Lipinski definition) is 0. The van der Waals surface area contributed by atoms with Crippen LogP contribution in [0.3, 0.4) is 0 Å². The minimum Gasteiger partial charge on any atom is -0.208 e. The number of fused-ring (bicyclic) bond motifs is 4. The molecule has 55 heavy (non-hydrogen) atoms. The van der Waals surface area contributed by atoms with E-state index in [-0.39, 0.29) is 5.41 Å². The Bertz CT molecular complexity index is 2790. The van der Waals surface area contributed by atoms with Gasteiger partial charge in [-0.05, 0) is 84.6 Å². The van der Waals surface area contributed by atoms with E-state index in [0.717, 1.165) is 49.7 Å². The fraction of sp³-hybridized carbons (Fsp3) is 0.0577. The molecule has 0 saturated carbocycles. The molecule has 260 valence electrons. The number of rotatable bonds is 6. The zero-order chi connectivity index (χ0) is 36.9. The lowest BCUT2D eigenvalue weighted by atomic mass is 9.82. The van der Waals surface area contributed by atoms with Crippen LogP contribution in [0.2, 0.25) is 0 Å². The highest BCUT2D eigenvalue weighted by Gasteiger charge is 2.35. The topological polar surface area (TPSA) is 38.7 Å². The Hall–Kier alpha value is -6.97. The van der Waals surface area contributed by atoms with Crippen LogP contribution in [0.5, 0.6) is 0 Å². The van der Waals surface area contributed by atoms with Crippen LogP contribution in [0.4, 0.5) is 0 Å². The molecule has 10 rings (SSSR count).